The Bertz CT molecular complexity index is 1010. The van der Waals surface area contributed by atoms with Crippen molar-refractivity contribution in [3.63, 3.8) is 0 Å². The highest BCUT2D eigenvalue weighted by atomic mass is 32.2. The lowest BCUT2D eigenvalue weighted by atomic mass is 10.00. The molecule has 0 saturated heterocycles. The second-order valence-electron chi connectivity index (χ2n) is 5.71. The van der Waals surface area contributed by atoms with Gasteiger partial charge in [-0.2, -0.15) is 0 Å². The Kier molecular flexibility index (Phi) is 3.82. The van der Waals surface area contributed by atoms with E-state index in [4.69, 9.17) is 4.99 Å². The molecule has 3 aromatic rings. The van der Waals surface area contributed by atoms with E-state index in [1.54, 1.807) is 36.3 Å². The molecule has 0 fully saturated rings. The van der Waals surface area contributed by atoms with Crippen LogP contribution in [0.3, 0.4) is 0 Å². The second-order valence-corrected chi connectivity index (χ2v) is 6.79. The fourth-order valence-electron chi connectivity index (χ4n) is 2.72. The number of non-ortho nitro benzene ring substituents is 1. The minimum Gasteiger partial charge on any atom is -0.262 e. The minimum atomic E-state index is -0.397. The van der Waals surface area contributed by atoms with Gasteiger partial charge in [0.05, 0.1) is 22.5 Å². The van der Waals surface area contributed by atoms with Crippen molar-refractivity contribution in [3.8, 4) is 0 Å². The van der Waals surface area contributed by atoms with Crippen LogP contribution in [0, 0.1) is 17.0 Å². The summed E-state index contributed by atoms with van der Waals surface area (Å²) in [5.41, 5.74) is 4.67. The third-order valence-electron chi connectivity index (χ3n) is 3.96. The van der Waals surface area contributed by atoms with Crippen molar-refractivity contribution < 1.29 is 4.92 Å². The average Bonchev–Trinajstić information content (AvgIpc) is 2.78. The minimum absolute atomic E-state index is 0.0684. The van der Waals surface area contributed by atoms with Crippen LogP contribution in [-0.2, 0) is 0 Å². The molecule has 4 rings (SSSR count). The molecular formula is C19H13N3O2S. The van der Waals surface area contributed by atoms with Crippen molar-refractivity contribution in [3.05, 3.63) is 87.7 Å². The molecule has 0 N–H and O–H groups in total. The molecule has 0 unspecified atom stereocenters. The number of nitro groups is 1. The summed E-state index contributed by atoms with van der Waals surface area (Å²) >= 11 is 1.66. The first kappa shape index (κ1) is 15.5. The van der Waals surface area contributed by atoms with Crippen LogP contribution in [0.2, 0.25) is 0 Å². The quantitative estimate of drug-likeness (QED) is 0.381. The number of benzene rings is 2. The van der Waals surface area contributed by atoms with Crippen molar-refractivity contribution in [2.75, 3.05) is 0 Å². The summed E-state index contributed by atoms with van der Waals surface area (Å²) in [6.45, 7) is 2.04. The number of aryl methyl sites for hydroxylation is 1. The second kappa shape index (κ2) is 6.14. The number of aliphatic imine (C=N–C) groups is 1. The number of hydrogen-bond donors (Lipinski definition) is 0. The SMILES string of the molecule is Cc1ccc2c(c1)C(c1ccc([N+](=O)[O-])cc1)=Nc1cnccc1S2. The molecule has 122 valence electrons. The topological polar surface area (TPSA) is 68.4 Å². The highest BCUT2D eigenvalue weighted by molar-refractivity contribution is 7.99. The average molecular weight is 347 g/mol. The molecule has 0 spiro atoms. The van der Waals surface area contributed by atoms with Gasteiger partial charge in [0.15, 0.2) is 0 Å². The fraction of sp³-hybridized carbons (Fsp3) is 0.0526. The number of nitrogens with zero attached hydrogens (tertiary/aromatic N) is 3. The number of aromatic nitrogens is 1. The molecule has 0 aliphatic carbocycles. The maximum Gasteiger partial charge on any atom is 0.269 e. The van der Waals surface area contributed by atoms with E-state index >= 15 is 0 Å². The highest BCUT2D eigenvalue weighted by Gasteiger charge is 2.19. The smallest absolute Gasteiger partial charge is 0.262 e. The summed E-state index contributed by atoms with van der Waals surface area (Å²) in [5.74, 6) is 0. The molecule has 0 atom stereocenters. The van der Waals surface area contributed by atoms with E-state index in [1.165, 1.54) is 12.1 Å². The van der Waals surface area contributed by atoms with Crippen LogP contribution in [-0.4, -0.2) is 15.6 Å². The number of fused-ring (bicyclic) bond motifs is 2. The molecule has 0 amide bonds. The van der Waals surface area contributed by atoms with Crippen LogP contribution in [0.15, 0.2) is 75.7 Å². The molecule has 1 aliphatic heterocycles. The van der Waals surface area contributed by atoms with E-state index in [0.717, 1.165) is 37.9 Å². The number of rotatable bonds is 2. The van der Waals surface area contributed by atoms with Crippen LogP contribution in [0.25, 0.3) is 0 Å². The van der Waals surface area contributed by atoms with E-state index < -0.39 is 4.92 Å². The van der Waals surface area contributed by atoms with Crippen LogP contribution in [0.4, 0.5) is 11.4 Å². The largest absolute Gasteiger partial charge is 0.269 e. The Labute approximate surface area is 148 Å². The maximum atomic E-state index is 10.9. The molecule has 1 aromatic heterocycles. The molecule has 2 aromatic carbocycles. The van der Waals surface area contributed by atoms with Gasteiger partial charge in [-0.25, -0.2) is 4.99 Å². The van der Waals surface area contributed by atoms with Crippen molar-refractivity contribution in [2.45, 2.75) is 16.7 Å². The number of pyridine rings is 1. The zero-order valence-corrected chi connectivity index (χ0v) is 14.2. The normalized spacial score (nSPS) is 12.6. The predicted molar refractivity (Wildman–Crippen MR) is 97.9 cm³/mol. The van der Waals surface area contributed by atoms with Gasteiger partial charge in [-0.1, -0.05) is 23.4 Å². The van der Waals surface area contributed by atoms with Crippen LogP contribution >= 0.6 is 11.8 Å². The van der Waals surface area contributed by atoms with Gasteiger partial charge >= 0.3 is 0 Å². The van der Waals surface area contributed by atoms with Gasteiger partial charge in [0.1, 0.15) is 0 Å². The maximum absolute atomic E-state index is 10.9. The summed E-state index contributed by atoms with van der Waals surface area (Å²) in [6.07, 6.45) is 3.50. The van der Waals surface area contributed by atoms with E-state index in [-0.39, 0.29) is 5.69 Å². The lowest BCUT2D eigenvalue weighted by molar-refractivity contribution is -0.384. The first-order chi connectivity index (χ1) is 12.1. The van der Waals surface area contributed by atoms with Gasteiger partial charge in [-0.05, 0) is 37.3 Å². The first-order valence-electron chi connectivity index (χ1n) is 7.68. The van der Waals surface area contributed by atoms with Crippen molar-refractivity contribution in [1.29, 1.82) is 0 Å². The molecule has 1 aliphatic rings. The van der Waals surface area contributed by atoms with Crippen LogP contribution in [0.1, 0.15) is 16.7 Å². The van der Waals surface area contributed by atoms with Gasteiger partial charge in [-0.3, -0.25) is 15.1 Å². The number of nitro benzene ring substituents is 1. The zero-order valence-electron chi connectivity index (χ0n) is 13.3. The highest BCUT2D eigenvalue weighted by Crippen LogP contribution is 2.41. The Hall–Kier alpha value is -2.99. The van der Waals surface area contributed by atoms with Gasteiger partial charge in [0, 0.05) is 39.2 Å². The third-order valence-corrected chi connectivity index (χ3v) is 5.10. The molecule has 0 saturated carbocycles. The molecule has 5 nitrogen and oxygen atoms in total. The Morgan fingerprint density at radius 1 is 1.04 bits per heavy atom. The van der Waals surface area contributed by atoms with Crippen molar-refractivity contribution in [1.82, 2.24) is 4.98 Å². The molecule has 6 heteroatoms. The molecule has 0 bridgehead atoms. The van der Waals surface area contributed by atoms with Gasteiger partial charge in [0.2, 0.25) is 0 Å². The molecular weight excluding hydrogens is 334 g/mol. The monoisotopic (exact) mass is 347 g/mol. The molecule has 25 heavy (non-hydrogen) atoms. The van der Waals surface area contributed by atoms with Crippen molar-refractivity contribution in [2.24, 2.45) is 4.99 Å². The summed E-state index contributed by atoms with van der Waals surface area (Å²) in [5, 5.41) is 10.9. The Balaban J connectivity index is 1.93. The first-order valence-corrected chi connectivity index (χ1v) is 8.50. The number of hydrogen-bond acceptors (Lipinski definition) is 5. The van der Waals surface area contributed by atoms with Crippen molar-refractivity contribution >= 4 is 28.8 Å². The van der Waals surface area contributed by atoms with E-state index in [2.05, 4.69) is 23.2 Å². The molecule has 0 radical (unpaired) electrons. The van der Waals surface area contributed by atoms with Gasteiger partial charge in [0.25, 0.3) is 5.69 Å². The lowest BCUT2D eigenvalue weighted by Gasteiger charge is -2.10. The zero-order chi connectivity index (χ0) is 17.4. The summed E-state index contributed by atoms with van der Waals surface area (Å²) in [6, 6.07) is 14.7. The third kappa shape index (κ3) is 2.92. The summed E-state index contributed by atoms with van der Waals surface area (Å²) < 4.78 is 0. The van der Waals surface area contributed by atoms with E-state index in [1.807, 2.05) is 13.0 Å². The van der Waals surface area contributed by atoms with Crippen LogP contribution < -0.4 is 0 Å². The summed E-state index contributed by atoms with van der Waals surface area (Å²) in [7, 11) is 0. The molecule has 2 heterocycles. The van der Waals surface area contributed by atoms with Gasteiger partial charge < -0.3 is 0 Å². The lowest BCUT2D eigenvalue weighted by Crippen LogP contribution is -2.04. The predicted octanol–water partition coefficient (Wildman–Crippen LogP) is 4.93. The van der Waals surface area contributed by atoms with E-state index in [9.17, 15) is 10.1 Å². The summed E-state index contributed by atoms with van der Waals surface area (Å²) in [4.78, 5) is 21.7. The fourth-order valence-corrected chi connectivity index (χ4v) is 3.69. The van der Waals surface area contributed by atoms with Crippen LogP contribution in [0.5, 0.6) is 0 Å². The standard InChI is InChI=1S/C19H13N3O2S/c1-12-2-7-17-15(10-12)19(13-3-5-14(6-4-13)22(23)24)21-16-11-20-9-8-18(16)25-17/h2-11H,1H3. The van der Waals surface area contributed by atoms with E-state index in [0.29, 0.717) is 0 Å². The van der Waals surface area contributed by atoms with Gasteiger partial charge in [-0.15, -0.1) is 0 Å². The Morgan fingerprint density at radius 2 is 1.84 bits per heavy atom. The Morgan fingerprint density at radius 3 is 2.60 bits per heavy atom.